The number of thioether (sulfide) groups is 1. The van der Waals surface area contributed by atoms with Crippen molar-refractivity contribution >= 4 is 45.9 Å². The fourth-order valence-electron chi connectivity index (χ4n) is 6.66. The van der Waals surface area contributed by atoms with Gasteiger partial charge in [-0.2, -0.15) is 5.10 Å². The summed E-state index contributed by atoms with van der Waals surface area (Å²) in [6, 6.07) is 25.0. The zero-order valence-electron chi connectivity index (χ0n) is 29.3. The Kier molecular flexibility index (Phi) is 8.46. The number of likely N-dealkylation sites (tertiary alicyclic amines) is 1. The van der Waals surface area contributed by atoms with Crippen molar-refractivity contribution in [1.29, 1.82) is 0 Å². The Hall–Kier alpha value is -6.61. The van der Waals surface area contributed by atoms with E-state index in [2.05, 4.69) is 40.7 Å². The lowest BCUT2D eigenvalue weighted by atomic mass is 9.94. The molecule has 3 aromatic carbocycles. The normalized spacial score (nSPS) is 13.1. The van der Waals surface area contributed by atoms with Crippen molar-refractivity contribution in [3.05, 3.63) is 137 Å². The van der Waals surface area contributed by atoms with Crippen molar-refractivity contribution < 1.29 is 14.0 Å². The van der Waals surface area contributed by atoms with Gasteiger partial charge in [0.25, 0.3) is 11.8 Å². The first-order valence-corrected chi connectivity index (χ1v) is 18.3. The van der Waals surface area contributed by atoms with Crippen LogP contribution in [0.5, 0.6) is 0 Å². The summed E-state index contributed by atoms with van der Waals surface area (Å²) in [5.74, 6) is 2.13. The Morgan fingerprint density at radius 2 is 1.81 bits per heavy atom. The zero-order valence-corrected chi connectivity index (χ0v) is 30.1. The second kappa shape index (κ2) is 13.7. The minimum atomic E-state index is -0.289. The Morgan fingerprint density at radius 3 is 2.63 bits per heavy atom. The molecule has 14 nitrogen and oxygen atoms in total. The third kappa shape index (κ3) is 6.49. The fraction of sp³-hybridized carbons (Fsp3) is 0.179. The van der Waals surface area contributed by atoms with Crippen LogP contribution in [0.1, 0.15) is 55.3 Å². The van der Waals surface area contributed by atoms with E-state index in [-0.39, 0.29) is 17.7 Å². The number of anilines is 1. The fourth-order valence-corrected chi connectivity index (χ4v) is 7.42. The van der Waals surface area contributed by atoms with Crippen LogP contribution < -0.4 is 5.32 Å². The van der Waals surface area contributed by atoms with E-state index in [1.54, 1.807) is 21.0 Å². The van der Waals surface area contributed by atoms with E-state index < -0.39 is 0 Å². The second-order valence-corrected chi connectivity index (χ2v) is 14.3. The number of H-pyrrole nitrogens is 1. The van der Waals surface area contributed by atoms with Gasteiger partial charge in [0.15, 0.2) is 12.0 Å². The maximum absolute atomic E-state index is 13.3. The van der Waals surface area contributed by atoms with Gasteiger partial charge in [-0.15, -0.1) is 16.9 Å². The van der Waals surface area contributed by atoms with Gasteiger partial charge in [0.05, 0.1) is 41.6 Å². The number of carbonyl (C=O) groups is 2. The van der Waals surface area contributed by atoms with Gasteiger partial charge in [0.1, 0.15) is 28.5 Å². The summed E-state index contributed by atoms with van der Waals surface area (Å²) in [5.41, 5.74) is 8.18. The van der Waals surface area contributed by atoms with E-state index in [0.717, 1.165) is 50.2 Å². The molecule has 268 valence electrons. The molecule has 6 heterocycles. The lowest BCUT2D eigenvalue weighted by Gasteiger charge is -2.38. The third-order valence-corrected chi connectivity index (χ3v) is 10.5. The number of nitrogens with one attached hydrogen (secondary N) is 2. The molecule has 0 radical (unpaired) electrons. The van der Waals surface area contributed by atoms with Gasteiger partial charge in [-0.25, -0.2) is 24.1 Å². The third-order valence-electron chi connectivity index (χ3n) is 9.44. The first kappa shape index (κ1) is 33.2. The first-order chi connectivity index (χ1) is 26.3. The highest BCUT2D eigenvalue weighted by Crippen LogP contribution is 2.32. The van der Waals surface area contributed by atoms with E-state index in [4.69, 9.17) is 4.42 Å². The van der Waals surface area contributed by atoms with Crippen LogP contribution >= 0.6 is 11.8 Å². The summed E-state index contributed by atoms with van der Waals surface area (Å²) in [6.45, 7) is 5.27. The standard InChI is InChI=1S/C39H33N11O3S/c1-23-15-24(2)50-37(42-23)30(16-41-50)38(51)43-28-11-7-25(8-12-28)33-19-49(47-46-33)20-34-36(53-22-40-34)27-17-48(18-27)39(52)26-9-13-29(14-10-26)54-21-35-44-31-5-3-4-6-32(31)45-35/h3-16,19,22,27H,17-18,20-21H2,1-2H3,(H,43,51)(H,44,45). The summed E-state index contributed by atoms with van der Waals surface area (Å²) >= 11 is 1.67. The van der Waals surface area contributed by atoms with Crippen LogP contribution in [0, 0.1) is 13.8 Å². The highest BCUT2D eigenvalue weighted by Gasteiger charge is 2.36. The minimum Gasteiger partial charge on any atom is -0.448 e. The molecule has 9 rings (SSSR count). The van der Waals surface area contributed by atoms with E-state index in [1.165, 1.54) is 12.6 Å². The number of benzene rings is 3. The monoisotopic (exact) mass is 735 g/mol. The minimum absolute atomic E-state index is 0.00898. The molecule has 0 atom stereocenters. The van der Waals surface area contributed by atoms with Gasteiger partial charge in [-0.05, 0) is 68.4 Å². The molecule has 5 aromatic heterocycles. The van der Waals surface area contributed by atoms with Gasteiger partial charge in [-0.1, -0.05) is 29.5 Å². The van der Waals surface area contributed by atoms with Crippen LogP contribution in [0.4, 0.5) is 5.69 Å². The van der Waals surface area contributed by atoms with Crippen molar-refractivity contribution in [2.24, 2.45) is 0 Å². The molecule has 15 heteroatoms. The molecule has 0 aliphatic carbocycles. The summed E-state index contributed by atoms with van der Waals surface area (Å²) in [6.07, 6.45) is 4.81. The lowest BCUT2D eigenvalue weighted by molar-refractivity contribution is 0.0580. The van der Waals surface area contributed by atoms with Crippen molar-refractivity contribution in [2.75, 3.05) is 18.4 Å². The number of hydrogen-bond acceptors (Lipinski definition) is 10. The molecule has 1 aliphatic rings. The smallest absolute Gasteiger partial charge is 0.261 e. The maximum atomic E-state index is 13.3. The summed E-state index contributed by atoms with van der Waals surface area (Å²) < 4.78 is 9.18. The highest BCUT2D eigenvalue weighted by molar-refractivity contribution is 7.98. The number of hydrogen-bond donors (Lipinski definition) is 2. The van der Waals surface area contributed by atoms with Crippen molar-refractivity contribution in [3.63, 3.8) is 0 Å². The van der Waals surface area contributed by atoms with Crippen LogP contribution in [0.2, 0.25) is 0 Å². The maximum Gasteiger partial charge on any atom is 0.261 e. The number of imidazole rings is 1. The van der Waals surface area contributed by atoms with E-state index in [0.29, 0.717) is 53.5 Å². The number of fused-ring (bicyclic) bond motifs is 2. The molecule has 0 unspecified atom stereocenters. The van der Waals surface area contributed by atoms with Crippen LogP contribution in [-0.2, 0) is 12.3 Å². The average Bonchev–Trinajstić information content (AvgIpc) is 3.98. The molecule has 1 saturated heterocycles. The largest absolute Gasteiger partial charge is 0.448 e. The molecule has 2 N–H and O–H groups in total. The summed E-state index contributed by atoms with van der Waals surface area (Å²) in [5, 5.41) is 15.9. The van der Waals surface area contributed by atoms with Gasteiger partial charge in [0, 0.05) is 46.2 Å². The number of aromatic nitrogens is 9. The van der Waals surface area contributed by atoms with Gasteiger partial charge >= 0.3 is 0 Å². The number of rotatable bonds is 10. The highest BCUT2D eigenvalue weighted by atomic mass is 32.2. The lowest BCUT2D eigenvalue weighted by Crippen LogP contribution is -2.48. The van der Waals surface area contributed by atoms with E-state index in [1.807, 2.05) is 104 Å². The molecular weight excluding hydrogens is 703 g/mol. The van der Waals surface area contributed by atoms with Crippen LogP contribution in [0.15, 0.2) is 107 Å². The summed E-state index contributed by atoms with van der Waals surface area (Å²) in [7, 11) is 0. The van der Waals surface area contributed by atoms with E-state index in [9.17, 15) is 9.59 Å². The Morgan fingerprint density at radius 1 is 1.00 bits per heavy atom. The Labute approximate surface area is 312 Å². The van der Waals surface area contributed by atoms with Gasteiger partial charge in [0.2, 0.25) is 0 Å². The predicted molar refractivity (Wildman–Crippen MR) is 202 cm³/mol. The summed E-state index contributed by atoms with van der Waals surface area (Å²) in [4.78, 5) is 46.2. The molecule has 2 amide bonds. The SMILES string of the molecule is Cc1cc(C)n2ncc(C(=O)Nc3ccc(-c4cn(Cc5ncoc5C5CN(C(=O)c6ccc(SCc7nc8ccccc8[nH]7)cc6)C5)nn4)cc3)c2n1. The van der Waals surface area contributed by atoms with Gasteiger partial charge < -0.3 is 19.6 Å². The molecule has 0 spiro atoms. The predicted octanol–water partition coefficient (Wildman–Crippen LogP) is 6.30. The van der Waals surface area contributed by atoms with Crippen LogP contribution in [0.3, 0.4) is 0 Å². The quantitative estimate of drug-likeness (QED) is 0.152. The van der Waals surface area contributed by atoms with Gasteiger partial charge in [-0.3, -0.25) is 9.59 Å². The molecule has 1 aliphatic heterocycles. The molecule has 8 aromatic rings. The number of aromatic amines is 1. The van der Waals surface area contributed by atoms with Crippen LogP contribution in [0.25, 0.3) is 27.9 Å². The number of carbonyl (C=O) groups excluding carboxylic acids is 2. The molecule has 1 fully saturated rings. The van der Waals surface area contributed by atoms with Crippen molar-refractivity contribution in [2.45, 2.75) is 37.0 Å². The zero-order chi connectivity index (χ0) is 36.8. The topological polar surface area (TPSA) is 165 Å². The Bertz CT molecular complexity index is 2620. The molecule has 0 bridgehead atoms. The van der Waals surface area contributed by atoms with Crippen molar-refractivity contribution in [1.82, 2.24) is 49.4 Å². The molecular formula is C39H33N11O3S. The Balaban J connectivity index is 0.781. The number of oxazole rings is 1. The number of nitrogens with zero attached hydrogens (tertiary/aromatic N) is 9. The second-order valence-electron chi connectivity index (χ2n) is 13.2. The number of amides is 2. The average molecular weight is 736 g/mol. The van der Waals surface area contributed by atoms with E-state index >= 15 is 0 Å². The first-order valence-electron chi connectivity index (χ1n) is 17.4. The van der Waals surface area contributed by atoms with Crippen LogP contribution in [-0.4, -0.2) is 74.3 Å². The number of para-hydroxylation sites is 2. The number of aryl methyl sites for hydroxylation is 2. The molecule has 0 saturated carbocycles. The molecule has 54 heavy (non-hydrogen) atoms. The van der Waals surface area contributed by atoms with Crippen molar-refractivity contribution in [3.8, 4) is 11.3 Å².